The van der Waals surface area contributed by atoms with Gasteiger partial charge in [-0.25, -0.2) is 0 Å². The third-order valence-corrected chi connectivity index (χ3v) is 13.4. The lowest BCUT2D eigenvalue weighted by atomic mass is 9.50. The number of aliphatic hydroxyl groups excluding tert-OH is 1. The van der Waals surface area contributed by atoms with Crippen LogP contribution in [0.3, 0.4) is 0 Å². The summed E-state index contributed by atoms with van der Waals surface area (Å²) in [6, 6.07) is 39.2. The summed E-state index contributed by atoms with van der Waals surface area (Å²) in [6.07, 6.45) is 8.06. The van der Waals surface area contributed by atoms with Crippen LogP contribution in [0, 0.1) is 11.8 Å². The predicted octanol–water partition coefficient (Wildman–Crippen LogP) is 7.28. The first-order valence-corrected chi connectivity index (χ1v) is 18.7. The molecule has 4 aromatic carbocycles. The van der Waals surface area contributed by atoms with Crippen molar-refractivity contribution in [3.63, 3.8) is 0 Å². The summed E-state index contributed by atoms with van der Waals surface area (Å²) in [6.45, 7) is 3.22. The molecule has 4 unspecified atom stereocenters. The van der Waals surface area contributed by atoms with Gasteiger partial charge in [0.2, 0.25) is 0 Å². The highest BCUT2D eigenvalue weighted by molar-refractivity contribution is 5.50. The van der Waals surface area contributed by atoms with E-state index in [0.29, 0.717) is 25.0 Å². The van der Waals surface area contributed by atoms with Crippen molar-refractivity contribution >= 4 is 0 Å². The lowest BCUT2D eigenvalue weighted by Gasteiger charge is -2.63. The molecule has 1 saturated heterocycles. The molecule has 2 bridgehead atoms. The lowest BCUT2D eigenvalue weighted by molar-refractivity contribution is -0.180. The van der Waals surface area contributed by atoms with E-state index >= 15 is 0 Å². The minimum atomic E-state index is -0.857. The van der Waals surface area contributed by atoms with Crippen LogP contribution < -0.4 is 4.74 Å². The van der Waals surface area contributed by atoms with Crippen molar-refractivity contribution in [1.29, 1.82) is 0 Å². The van der Waals surface area contributed by atoms with Gasteiger partial charge in [-0.15, -0.1) is 0 Å². The zero-order valence-electron chi connectivity index (χ0n) is 28.6. The number of fused-ring (bicyclic) bond motifs is 3. The van der Waals surface area contributed by atoms with Gasteiger partial charge in [0.1, 0.15) is 12.4 Å². The van der Waals surface area contributed by atoms with Crippen LogP contribution in [0.25, 0.3) is 0 Å². The van der Waals surface area contributed by atoms with Gasteiger partial charge >= 0.3 is 0 Å². The average molecular weight is 655 g/mol. The maximum absolute atomic E-state index is 13.5. The Hall–Kier alpha value is -3.48. The Balaban J connectivity index is 1.16. The van der Waals surface area contributed by atoms with E-state index in [-0.39, 0.29) is 12.6 Å². The minimum absolute atomic E-state index is 0.0673. The molecule has 0 aromatic heterocycles. The van der Waals surface area contributed by atoms with Crippen LogP contribution >= 0.6 is 0 Å². The molecule has 254 valence electrons. The molecule has 5 aliphatic rings. The van der Waals surface area contributed by atoms with Crippen LogP contribution in [0.4, 0.5) is 0 Å². The molecule has 6 atom stereocenters. The van der Waals surface area contributed by atoms with Crippen molar-refractivity contribution in [1.82, 2.24) is 9.80 Å². The highest BCUT2D eigenvalue weighted by atomic mass is 16.5. The summed E-state index contributed by atoms with van der Waals surface area (Å²) >= 11 is 0. The average Bonchev–Trinajstić information content (AvgIpc) is 3.86. The highest BCUT2D eigenvalue weighted by Gasteiger charge is 2.76. The van der Waals surface area contributed by atoms with Crippen LogP contribution in [0.2, 0.25) is 0 Å². The zero-order chi connectivity index (χ0) is 33.1. The molecule has 5 nitrogen and oxygen atoms in total. The van der Waals surface area contributed by atoms with Gasteiger partial charge in [0.05, 0.1) is 12.2 Å². The van der Waals surface area contributed by atoms with Gasteiger partial charge in [-0.3, -0.25) is 9.80 Å². The third-order valence-electron chi connectivity index (χ3n) is 13.4. The van der Waals surface area contributed by atoms with Crippen molar-refractivity contribution in [2.45, 2.75) is 99.7 Å². The van der Waals surface area contributed by atoms with Gasteiger partial charge in [0, 0.05) is 42.7 Å². The number of likely N-dealkylation sites (tertiary alicyclic amines) is 1. The monoisotopic (exact) mass is 654 g/mol. The van der Waals surface area contributed by atoms with Crippen molar-refractivity contribution in [3.8, 4) is 5.75 Å². The Morgan fingerprint density at radius 1 is 0.776 bits per heavy atom. The minimum Gasteiger partial charge on any atom is -0.489 e. The Bertz CT molecular complexity index is 1720. The predicted molar refractivity (Wildman–Crippen MR) is 193 cm³/mol. The normalized spacial score (nSPS) is 31.7. The van der Waals surface area contributed by atoms with Crippen LogP contribution in [-0.2, 0) is 31.5 Å². The molecule has 1 heterocycles. The Morgan fingerprint density at radius 2 is 1.43 bits per heavy atom. The third kappa shape index (κ3) is 5.28. The molecule has 4 aromatic rings. The van der Waals surface area contributed by atoms with Crippen molar-refractivity contribution in [2.24, 2.45) is 11.8 Å². The van der Waals surface area contributed by atoms with E-state index in [1.54, 1.807) is 0 Å². The van der Waals surface area contributed by atoms with E-state index in [1.165, 1.54) is 35.1 Å². The SMILES string of the molecule is OC[C@]1(N(Cc2ccccc2)Cc2ccccc2)CCC2(O)[C@H]3CC4C(CCc5ccc(OCc6ccccc6)cc5C42C1)N3CC1CC1. The lowest BCUT2D eigenvalue weighted by Crippen LogP contribution is -2.73. The van der Waals surface area contributed by atoms with E-state index in [1.807, 2.05) is 6.07 Å². The fraction of sp³-hybridized carbons (Fsp3) is 0.455. The van der Waals surface area contributed by atoms with Crippen molar-refractivity contribution < 1.29 is 14.9 Å². The Kier molecular flexibility index (Phi) is 7.96. The van der Waals surface area contributed by atoms with Crippen LogP contribution in [-0.4, -0.2) is 56.4 Å². The zero-order valence-corrected chi connectivity index (χ0v) is 28.6. The van der Waals surface area contributed by atoms with Crippen LogP contribution in [0.1, 0.15) is 72.8 Å². The Morgan fingerprint density at radius 3 is 2.06 bits per heavy atom. The molecular formula is C44H50N2O3. The number of hydrogen-bond acceptors (Lipinski definition) is 5. The number of aliphatic hydroxyl groups is 2. The van der Waals surface area contributed by atoms with E-state index in [2.05, 4.69) is 113 Å². The van der Waals surface area contributed by atoms with E-state index in [4.69, 9.17) is 4.74 Å². The summed E-state index contributed by atoms with van der Waals surface area (Å²) in [5, 5.41) is 25.2. The fourth-order valence-corrected chi connectivity index (χ4v) is 10.9. The number of benzene rings is 4. The number of piperidine rings is 1. The molecule has 9 rings (SSSR count). The number of hydrogen-bond donors (Lipinski definition) is 2. The molecule has 1 aliphatic heterocycles. The number of aryl methyl sites for hydroxylation is 1. The summed E-state index contributed by atoms with van der Waals surface area (Å²) in [5.41, 5.74) is 4.50. The topological polar surface area (TPSA) is 56.2 Å². The van der Waals surface area contributed by atoms with Gasteiger partial charge in [-0.05, 0) is 103 Å². The van der Waals surface area contributed by atoms with Crippen LogP contribution in [0.5, 0.6) is 5.75 Å². The molecule has 0 radical (unpaired) electrons. The molecule has 3 saturated carbocycles. The summed E-state index contributed by atoms with van der Waals surface area (Å²) in [4.78, 5) is 5.34. The standard InChI is InChI=1S/C44H50N2O3/c47-31-42(45(26-32-10-4-1-5-11-32)27-33-12-6-2-7-13-33)22-23-44(48)41-25-39-40(46(41)28-34-16-17-34)21-19-36-18-20-37(24-38(36)43(39,44)30-42)49-29-35-14-8-3-9-15-35/h1-15,18,20,24,34,39-41,47-48H,16-17,19,21-23,25-31H2/t39?,40?,41-,42+,43?,44?/m1/s1. The van der Waals surface area contributed by atoms with Gasteiger partial charge in [-0.2, -0.15) is 0 Å². The second-order valence-electron chi connectivity index (χ2n) is 16.0. The van der Waals surface area contributed by atoms with Gasteiger partial charge in [-0.1, -0.05) is 97.1 Å². The summed E-state index contributed by atoms with van der Waals surface area (Å²) in [5.74, 6) is 2.00. The van der Waals surface area contributed by atoms with Gasteiger partial charge in [0.15, 0.2) is 0 Å². The largest absolute Gasteiger partial charge is 0.489 e. The molecule has 5 heteroatoms. The molecule has 4 fully saturated rings. The van der Waals surface area contributed by atoms with E-state index < -0.39 is 16.6 Å². The maximum atomic E-state index is 13.5. The smallest absolute Gasteiger partial charge is 0.120 e. The summed E-state index contributed by atoms with van der Waals surface area (Å²) in [7, 11) is 0. The first kappa shape index (κ1) is 31.5. The van der Waals surface area contributed by atoms with Crippen molar-refractivity contribution in [2.75, 3.05) is 13.2 Å². The number of nitrogens with zero attached hydrogens (tertiary/aromatic N) is 2. The Labute approximate surface area is 291 Å². The first-order valence-electron chi connectivity index (χ1n) is 18.7. The van der Waals surface area contributed by atoms with E-state index in [9.17, 15) is 10.2 Å². The number of ether oxygens (including phenoxy) is 1. The number of rotatable bonds is 11. The van der Waals surface area contributed by atoms with Gasteiger partial charge < -0.3 is 14.9 Å². The van der Waals surface area contributed by atoms with E-state index in [0.717, 1.165) is 69.0 Å². The molecule has 2 N–H and O–H groups in total. The highest BCUT2D eigenvalue weighted by Crippen LogP contribution is 2.70. The first-order chi connectivity index (χ1) is 24.0. The summed E-state index contributed by atoms with van der Waals surface area (Å²) < 4.78 is 6.51. The molecular weight excluding hydrogens is 604 g/mol. The molecule has 49 heavy (non-hydrogen) atoms. The maximum Gasteiger partial charge on any atom is 0.120 e. The molecule has 1 spiro atoms. The fourth-order valence-electron chi connectivity index (χ4n) is 10.9. The van der Waals surface area contributed by atoms with Crippen LogP contribution in [0.15, 0.2) is 109 Å². The molecule has 4 aliphatic carbocycles. The van der Waals surface area contributed by atoms with Gasteiger partial charge in [0.25, 0.3) is 0 Å². The van der Waals surface area contributed by atoms with Crippen molar-refractivity contribution in [3.05, 3.63) is 137 Å². The second kappa shape index (κ2) is 12.4. The second-order valence-corrected chi connectivity index (χ2v) is 16.0. The quantitative estimate of drug-likeness (QED) is 0.178. The molecule has 0 amide bonds.